The Morgan fingerprint density at radius 2 is 1.83 bits per heavy atom. The van der Waals surface area contributed by atoms with Gasteiger partial charge < -0.3 is 4.74 Å². The molecule has 0 spiro atoms. The minimum atomic E-state index is -3.75. The van der Waals surface area contributed by atoms with E-state index < -0.39 is 15.8 Å². The highest BCUT2D eigenvalue weighted by molar-refractivity contribution is 7.89. The van der Waals surface area contributed by atoms with E-state index >= 15 is 0 Å². The quantitative estimate of drug-likeness (QED) is 0.758. The Kier molecular flexibility index (Phi) is 4.08. The van der Waals surface area contributed by atoms with Crippen molar-refractivity contribution in [3.63, 3.8) is 0 Å². The van der Waals surface area contributed by atoms with Crippen LogP contribution in [0.15, 0.2) is 53.6 Å². The second-order valence-corrected chi connectivity index (χ2v) is 6.63. The number of nitrogens with one attached hydrogen (secondary N) is 1. The summed E-state index contributed by atoms with van der Waals surface area (Å²) in [6.07, 6.45) is 1.60. The van der Waals surface area contributed by atoms with Crippen LogP contribution < -0.4 is 9.88 Å². The number of aromatic nitrogens is 2. The lowest BCUT2D eigenvalue weighted by molar-refractivity contribution is 0.413. The van der Waals surface area contributed by atoms with Gasteiger partial charge in [0.15, 0.2) is 0 Å². The minimum Gasteiger partial charge on any atom is -0.496 e. The lowest BCUT2D eigenvalue weighted by atomic mass is 10.0. The second-order valence-electron chi connectivity index (χ2n) is 5.07. The van der Waals surface area contributed by atoms with E-state index in [4.69, 9.17) is 9.88 Å². The predicted octanol–water partition coefficient (Wildman–Crippen LogP) is 2.54. The molecule has 3 N–H and O–H groups in total. The number of benzene rings is 2. The average Bonchev–Trinajstić information content (AvgIpc) is 3.03. The second kappa shape index (κ2) is 6.06. The molecule has 24 heavy (non-hydrogen) atoms. The highest BCUT2D eigenvalue weighted by atomic mass is 32.2. The molecule has 3 aromatic rings. The van der Waals surface area contributed by atoms with Crippen LogP contribution in [-0.4, -0.2) is 25.7 Å². The van der Waals surface area contributed by atoms with Crippen molar-refractivity contribution in [1.29, 1.82) is 0 Å². The summed E-state index contributed by atoms with van der Waals surface area (Å²) >= 11 is 0. The number of aromatic amines is 1. The van der Waals surface area contributed by atoms with E-state index in [1.807, 2.05) is 0 Å². The van der Waals surface area contributed by atoms with Crippen molar-refractivity contribution in [2.24, 2.45) is 5.14 Å². The number of hydrogen-bond donors (Lipinski definition) is 2. The van der Waals surface area contributed by atoms with E-state index in [1.165, 1.54) is 31.4 Å². The summed E-state index contributed by atoms with van der Waals surface area (Å²) in [5, 5.41) is 12.0. The third-order valence-corrected chi connectivity index (χ3v) is 4.49. The Labute approximate surface area is 138 Å². The molecule has 0 aliphatic heterocycles. The highest BCUT2D eigenvalue weighted by Crippen LogP contribution is 2.36. The van der Waals surface area contributed by atoms with E-state index in [-0.39, 0.29) is 4.90 Å². The number of methoxy groups -OCH3 is 1. The van der Waals surface area contributed by atoms with Crippen molar-refractivity contribution in [1.82, 2.24) is 10.2 Å². The van der Waals surface area contributed by atoms with Crippen molar-refractivity contribution in [3.8, 4) is 28.1 Å². The van der Waals surface area contributed by atoms with Crippen LogP contribution in [0.3, 0.4) is 0 Å². The first kappa shape index (κ1) is 16.2. The molecule has 0 saturated heterocycles. The van der Waals surface area contributed by atoms with E-state index in [0.717, 1.165) is 0 Å². The maximum absolute atomic E-state index is 13.4. The smallest absolute Gasteiger partial charge is 0.238 e. The minimum absolute atomic E-state index is 0.0201. The van der Waals surface area contributed by atoms with Crippen LogP contribution in [0.1, 0.15) is 0 Å². The fourth-order valence-electron chi connectivity index (χ4n) is 2.41. The molecule has 0 fully saturated rings. The van der Waals surface area contributed by atoms with Gasteiger partial charge in [-0.15, -0.1) is 0 Å². The van der Waals surface area contributed by atoms with Crippen molar-refractivity contribution < 1.29 is 17.5 Å². The van der Waals surface area contributed by atoms with Crippen LogP contribution in [0.2, 0.25) is 0 Å². The Balaban J connectivity index is 2.09. The molecule has 2 aromatic carbocycles. The summed E-state index contributed by atoms with van der Waals surface area (Å²) in [6, 6.07) is 10.3. The number of H-pyrrole nitrogens is 1. The molecule has 3 rings (SSSR count). The van der Waals surface area contributed by atoms with E-state index in [1.54, 1.807) is 24.4 Å². The summed E-state index contributed by atoms with van der Waals surface area (Å²) in [5.41, 5.74) is 2.73. The van der Waals surface area contributed by atoms with Gasteiger partial charge in [-0.25, -0.2) is 17.9 Å². The zero-order chi connectivity index (χ0) is 17.3. The molecule has 0 unspecified atom stereocenters. The Hall–Kier alpha value is -2.71. The molecule has 0 radical (unpaired) electrons. The van der Waals surface area contributed by atoms with Crippen LogP contribution >= 0.6 is 0 Å². The fourth-order valence-corrected chi connectivity index (χ4v) is 2.92. The number of ether oxygens (including phenoxy) is 1. The highest BCUT2D eigenvalue weighted by Gasteiger charge is 2.15. The summed E-state index contributed by atoms with van der Waals surface area (Å²) in [7, 11) is -2.30. The summed E-state index contributed by atoms with van der Waals surface area (Å²) < 4.78 is 41.3. The van der Waals surface area contributed by atoms with E-state index in [0.29, 0.717) is 28.1 Å². The van der Waals surface area contributed by atoms with Gasteiger partial charge in [-0.3, -0.25) is 5.10 Å². The fraction of sp³-hybridized carbons (Fsp3) is 0.0625. The predicted molar refractivity (Wildman–Crippen MR) is 87.3 cm³/mol. The third kappa shape index (κ3) is 3.01. The third-order valence-electron chi connectivity index (χ3n) is 3.56. The van der Waals surface area contributed by atoms with Crippen molar-refractivity contribution in [2.45, 2.75) is 4.90 Å². The number of nitrogens with zero attached hydrogens (tertiary/aromatic N) is 1. The van der Waals surface area contributed by atoms with Gasteiger partial charge >= 0.3 is 0 Å². The van der Waals surface area contributed by atoms with Gasteiger partial charge in [0, 0.05) is 22.8 Å². The molecule has 0 aliphatic rings. The van der Waals surface area contributed by atoms with Crippen LogP contribution in [-0.2, 0) is 10.0 Å². The van der Waals surface area contributed by atoms with E-state index in [2.05, 4.69) is 10.2 Å². The molecule has 6 nitrogen and oxygen atoms in total. The molecule has 0 bridgehead atoms. The van der Waals surface area contributed by atoms with Crippen LogP contribution in [0.4, 0.5) is 4.39 Å². The van der Waals surface area contributed by atoms with Gasteiger partial charge in [-0.05, 0) is 24.3 Å². The van der Waals surface area contributed by atoms with Gasteiger partial charge in [0.2, 0.25) is 10.0 Å². The van der Waals surface area contributed by atoms with Gasteiger partial charge in [-0.1, -0.05) is 12.1 Å². The standard InChI is InChI=1S/C16H14FN3O3S/c1-23-15-8-11(17)4-7-13(15)14-9-19-20-16(14)10-2-5-12(6-3-10)24(18,21)22/h2-9H,1H3,(H,19,20)(H2,18,21,22). The number of halogens is 1. The molecule has 1 heterocycles. The first-order valence-corrected chi connectivity index (χ1v) is 8.45. The number of hydrogen-bond acceptors (Lipinski definition) is 4. The van der Waals surface area contributed by atoms with Crippen molar-refractivity contribution >= 4 is 10.0 Å². The molecule has 0 atom stereocenters. The molecule has 1 aromatic heterocycles. The lowest BCUT2D eigenvalue weighted by Gasteiger charge is -2.09. The molecular formula is C16H14FN3O3S. The monoisotopic (exact) mass is 347 g/mol. The molecule has 0 aliphatic carbocycles. The Morgan fingerprint density at radius 1 is 1.12 bits per heavy atom. The lowest BCUT2D eigenvalue weighted by Crippen LogP contribution is -2.11. The number of nitrogens with two attached hydrogens (primary N) is 1. The topological polar surface area (TPSA) is 98.1 Å². The number of primary sulfonamides is 1. The summed E-state index contributed by atoms with van der Waals surface area (Å²) in [5.74, 6) is -0.0306. The number of sulfonamides is 1. The average molecular weight is 347 g/mol. The maximum atomic E-state index is 13.4. The zero-order valence-corrected chi connectivity index (χ0v) is 13.5. The molecular weight excluding hydrogens is 333 g/mol. The van der Waals surface area contributed by atoms with Crippen LogP contribution in [0.5, 0.6) is 5.75 Å². The molecule has 124 valence electrons. The van der Waals surface area contributed by atoms with Crippen molar-refractivity contribution in [2.75, 3.05) is 7.11 Å². The number of rotatable bonds is 4. The first-order valence-electron chi connectivity index (χ1n) is 6.90. The molecule has 0 saturated carbocycles. The Morgan fingerprint density at radius 3 is 2.46 bits per heavy atom. The Bertz CT molecular complexity index is 982. The summed E-state index contributed by atoms with van der Waals surface area (Å²) in [4.78, 5) is 0.0201. The van der Waals surface area contributed by atoms with Gasteiger partial charge in [-0.2, -0.15) is 5.10 Å². The van der Waals surface area contributed by atoms with Crippen LogP contribution in [0, 0.1) is 5.82 Å². The SMILES string of the molecule is COc1cc(F)ccc1-c1cn[nH]c1-c1ccc(S(N)(=O)=O)cc1. The normalized spacial score (nSPS) is 11.5. The van der Waals surface area contributed by atoms with Crippen molar-refractivity contribution in [3.05, 3.63) is 54.5 Å². The van der Waals surface area contributed by atoms with Gasteiger partial charge in [0.1, 0.15) is 11.6 Å². The molecule has 0 amide bonds. The van der Waals surface area contributed by atoms with E-state index in [9.17, 15) is 12.8 Å². The molecule has 8 heteroatoms. The van der Waals surface area contributed by atoms with Gasteiger partial charge in [0.25, 0.3) is 0 Å². The summed E-state index contributed by atoms with van der Waals surface area (Å²) in [6.45, 7) is 0. The largest absolute Gasteiger partial charge is 0.496 e. The van der Waals surface area contributed by atoms with Gasteiger partial charge in [0.05, 0.1) is 23.9 Å². The first-order chi connectivity index (χ1) is 11.4. The van der Waals surface area contributed by atoms with Crippen LogP contribution in [0.25, 0.3) is 22.4 Å². The maximum Gasteiger partial charge on any atom is 0.238 e. The zero-order valence-electron chi connectivity index (χ0n) is 12.7.